The molecule has 100 valence electrons. The molecule has 0 saturated heterocycles. The second-order valence-corrected chi connectivity index (χ2v) is 4.54. The lowest BCUT2D eigenvalue weighted by atomic mass is 10.1. The van der Waals surface area contributed by atoms with E-state index in [1.165, 1.54) is 6.07 Å². The van der Waals surface area contributed by atoms with E-state index in [-0.39, 0.29) is 5.56 Å². The lowest BCUT2D eigenvalue weighted by molar-refractivity contribution is 1.13. The van der Waals surface area contributed by atoms with Gasteiger partial charge in [-0.15, -0.1) is 0 Å². The maximum absolute atomic E-state index is 11.9. The van der Waals surface area contributed by atoms with E-state index >= 15 is 0 Å². The Labute approximate surface area is 121 Å². The first-order valence-electron chi connectivity index (χ1n) is 6.43. The third-order valence-electron chi connectivity index (χ3n) is 3.08. The van der Waals surface area contributed by atoms with Crippen molar-refractivity contribution < 1.29 is 0 Å². The van der Waals surface area contributed by atoms with Crippen molar-refractivity contribution in [1.82, 2.24) is 9.97 Å². The fraction of sp³-hybridized carbons (Fsp3) is 0. The van der Waals surface area contributed by atoms with E-state index in [2.05, 4.69) is 16.0 Å². The fourth-order valence-electron chi connectivity index (χ4n) is 2.09. The average molecular weight is 273 g/mol. The Kier molecular flexibility index (Phi) is 3.32. The number of nitrogens with one attached hydrogen (secondary N) is 1. The van der Waals surface area contributed by atoms with Crippen LogP contribution in [0.5, 0.6) is 0 Å². The number of nitriles is 1. The van der Waals surface area contributed by atoms with Gasteiger partial charge in [0.05, 0.1) is 17.3 Å². The van der Waals surface area contributed by atoms with Crippen molar-refractivity contribution in [1.29, 1.82) is 5.26 Å². The van der Waals surface area contributed by atoms with E-state index in [4.69, 9.17) is 5.26 Å². The zero-order valence-electron chi connectivity index (χ0n) is 11.1. The second-order valence-electron chi connectivity index (χ2n) is 4.54. The molecule has 0 spiro atoms. The smallest absolute Gasteiger partial charge is 0.251 e. The number of hydrogen-bond acceptors (Lipinski definition) is 3. The average Bonchev–Trinajstić information content (AvgIpc) is 2.55. The van der Waals surface area contributed by atoms with Crippen LogP contribution in [-0.4, -0.2) is 9.97 Å². The van der Waals surface area contributed by atoms with Gasteiger partial charge in [0.1, 0.15) is 5.82 Å². The van der Waals surface area contributed by atoms with Gasteiger partial charge in [0, 0.05) is 17.2 Å². The standard InChI is InChI=1S/C17H11N3O/c18-11-12-5-4-8-14(9-12)15-10-16(21)20-17(19-15)13-6-2-1-3-7-13/h1-10H,(H,19,20,21). The van der Waals surface area contributed by atoms with Crippen molar-refractivity contribution in [2.45, 2.75) is 0 Å². The first-order chi connectivity index (χ1) is 10.3. The van der Waals surface area contributed by atoms with Gasteiger partial charge >= 0.3 is 0 Å². The number of hydrogen-bond donors (Lipinski definition) is 1. The highest BCUT2D eigenvalue weighted by Gasteiger charge is 2.06. The minimum absolute atomic E-state index is 0.221. The van der Waals surface area contributed by atoms with Gasteiger partial charge in [-0.25, -0.2) is 4.98 Å². The van der Waals surface area contributed by atoms with Crippen molar-refractivity contribution >= 4 is 0 Å². The molecule has 1 heterocycles. The van der Waals surface area contributed by atoms with Crippen molar-refractivity contribution in [3.63, 3.8) is 0 Å². The highest BCUT2D eigenvalue weighted by molar-refractivity contribution is 5.64. The third kappa shape index (κ3) is 2.72. The topological polar surface area (TPSA) is 69.5 Å². The van der Waals surface area contributed by atoms with E-state index < -0.39 is 0 Å². The SMILES string of the molecule is N#Cc1cccc(-c2cc(=O)[nH]c(-c3ccccc3)n2)c1. The summed E-state index contributed by atoms with van der Waals surface area (Å²) in [5, 5.41) is 8.96. The van der Waals surface area contributed by atoms with E-state index in [0.717, 1.165) is 11.1 Å². The molecule has 0 aliphatic rings. The Morgan fingerprint density at radius 1 is 0.952 bits per heavy atom. The summed E-state index contributed by atoms with van der Waals surface area (Å²) in [7, 11) is 0. The number of aromatic amines is 1. The molecule has 0 saturated carbocycles. The summed E-state index contributed by atoms with van der Waals surface area (Å²) in [6.07, 6.45) is 0. The molecule has 3 aromatic rings. The third-order valence-corrected chi connectivity index (χ3v) is 3.08. The molecular formula is C17H11N3O. The number of H-pyrrole nitrogens is 1. The fourth-order valence-corrected chi connectivity index (χ4v) is 2.09. The summed E-state index contributed by atoms with van der Waals surface area (Å²) in [5.41, 5.74) is 2.46. The quantitative estimate of drug-likeness (QED) is 0.780. The molecule has 0 aliphatic heterocycles. The molecule has 21 heavy (non-hydrogen) atoms. The molecule has 0 atom stereocenters. The summed E-state index contributed by atoms with van der Waals surface area (Å²) in [4.78, 5) is 19.1. The molecule has 0 amide bonds. The molecule has 3 rings (SSSR count). The van der Waals surface area contributed by atoms with Gasteiger partial charge < -0.3 is 4.98 Å². The molecule has 0 radical (unpaired) electrons. The first-order valence-corrected chi connectivity index (χ1v) is 6.43. The summed E-state index contributed by atoms with van der Waals surface area (Å²) < 4.78 is 0. The monoisotopic (exact) mass is 273 g/mol. The van der Waals surface area contributed by atoms with Gasteiger partial charge in [0.2, 0.25) is 0 Å². The van der Waals surface area contributed by atoms with Gasteiger partial charge in [-0.2, -0.15) is 5.26 Å². The highest BCUT2D eigenvalue weighted by atomic mass is 16.1. The van der Waals surface area contributed by atoms with Crippen LogP contribution in [0.2, 0.25) is 0 Å². The van der Waals surface area contributed by atoms with Crippen LogP contribution >= 0.6 is 0 Å². The van der Waals surface area contributed by atoms with Crippen LogP contribution < -0.4 is 5.56 Å². The largest absolute Gasteiger partial charge is 0.306 e. The van der Waals surface area contributed by atoms with E-state index in [1.54, 1.807) is 18.2 Å². The summed E-state index contributed by atoms with van der Waals surface area (Å²) in [6.45, 7) is 0. The maximum atomic E-state index is 11.9. The highest BCUT2D eigenvalue weighted by Crippen LogP contribution is 2.20. The maximum Gasteiger partial charge on any atom is 0.251 e. The van der Waals surface area contributed by atoms with E-state index in [1.807, 2.05) is 36.4 Å². The Morgan fingerprint density at radius 3 is 2.48 bits per heavy atom. The Bertz CT molecular complexity index is 876. The molecule has 2 aromatic carbocycles. The molecule has 4 heteroatoms. The van der Waals surface area contributed by atoms with Crippen LogP contribution in [0.25, 0.3) is 22.6 Å². The lowest BCUT2D eigenvalue weighted by Gasteiger charge is -2.05. The summed E-state index contributed by atoms with van der Waals surface area (Å²) in [6, 6.07) is 20.0. The molecule has 1 aromatic heterocycles. The number of aromatic nitrogens is 2. The van der Waals surface area contributed by atoms with E-state index in [9.17, 15) is 4.79 Å². The number of benzene rings is 2. The minimum atomic E-state index is -0.221. The molecule has 0 fully saturated rings. The van der Waals surface area contributed by atoms with Gasteiger partial charge in [-0.1, -0.05) is 42.5 Å². The molecule has 4 nitrogen and oxygen atoms in total. The Morgan fingerprint density at radius 2 is 1.71 bits per heavy atom. The predicted octanol–water partition coefficient (Wildman–Crippen LogP) is 2.98. The lowest BCUT2D eigenvalue weighted by Crippen LogP contribution is -2.08. The molecule has 1 N–H and O–H groups in total. The second kappa shape index (κ2) is 5.43. The van der Waals surface area contributed by atoms with E-state index in [0.29, 0.717) is 17.1 Å². The van der Waals surface area contributed by atoms with Crippen LogP contribution in [0.1, 0.15) is 5.56 Å². The summed E-state index contributed by atoms with van der Waals surface area (Å²) >= 11 is 0. The van der Waals surface area contributed by atoms with Gasteiger partial charge in [0.25, 0.3) is 5.56 Å². The van der Waals surface area contributed by atoms with Crippen molar-refractivity contribution in [2.24, 2.45) is 0 Å². The van der Waals surface area contributed by atoms with Gasteiger partial charge in [0.15, 0.2) is 0 Å². The van der Waals surface area contributed by atoms with Crippen LogP contribution in [0.15, 0.2) is 65.5 Å². The van der Waals surface area contributed by atoms with Crippen LogP contribution in [-0.2, 0) is 0 Å². The molecule has 0 bridgehead atoms. The summed E-state index contributed by atoms with van der Waals surface area (Å²) in [5.74, 6) is 0.514. The Balaban J connectivity index is 2.14. The van der Waals surface area contributed by atoms with Gasteiger partial charge in [-0.05, 0) is 12.1 Å². The molecular weight excluding hydrogens is 262 g/mol. The normalized spacial score (nSPS) is 10.0. The predicted molar refractivity (Wildman–Crippen MR) is 80.4 cm³/mol. The zero-order chi connectivity index (χ0) is 14.7. The molecule has 0 unspecified atom stereocenters. The number of nitrogens with zero attached hydrogens (tertiary/aromatic N) is 2. The number of rotatable bonds is 2. The van der Waals surface area contributed by atoms with Gasteiger partial charge in [-0.3, -0.25) is 4.79 Å². The van der Waals surface area contributed by atoms with Crippen LogP contribution in [0.3, 0.4) is 0 Å². The van der Waals surface area contributed by atoms with Crippen molar-refractivity contribution in [3.05, 3.63) is 76.6 Å². The zero-order valence-corrected chi connectivity index (χ0v) is 11.1. The van der Waals surface area contributed by atoms with Crippen LogP contribution in [0.4, 0.5) is 0 Å². The van der Waals surface area contributed by atoms with Crippen molar-refractivity contribution in [2.75, 3.05) is 0 Å². The molecule has 0 aliphatic carbocycles. The first kappa shape index (κ1) is 12.8. The van der Waals surface area contributed by atoms with Crippen LogP contribution in [0, 0.1) is 11.3 Å². The Hall–Kier alpha value is -3.19. The minimum Gasteiger partial charge on any atom is -0.306 e. The van der Waals surface area contributed by atoms with Crippen molar-refractivity contribution in [3.8, 4) is 28.7 Å².